The summed E-state index contributed by atoms with van der Waals surface area (Å²) in [5.41, 5.74) is 0.270. The van der Waals surface area contributed by atoms with Gasteiger partial charge in [-0.05, 0) is 89.5 Å². The Balaban J connectivity index is 1.21. The lowest BCUT2D eigenvalue weighted by atomic mass is 9.93. The highest BCUT2D eigenvalue weighted by Gasteiger charge is 2.63. The highest BCUT2D eigenvalue weighted by atomic mass is 32.2. The number of aromatic nitrogens is 2. The first-order chi connectivity index (χ1) is 24.7. The molecule has 2 aromatic carbocycles. The van der Waals surface area contributed by atoms with Gasteiger partial charge in [0.15, 0.2) is 5.82 Å². The van der Waals surface area contributed by atoms with Crippen molar-refractivity contribution in [2.45, 2.75) is 81.6 Å². The number of methoxy groups -OCH3 is 1. The second-order valence-electron chi connectivity index (χ2n) is 14.9. The number of carbonyl (C=O) groups excluding carboxylic acids is 3. The first-order valence-corrected chi connectivity index (χ1v) is 19.3. The number of carbonyl (C=O) groups is 3. The Morgan fingerprint density at radius 2 is 1.87 bits per heavy atom. The molecule has 3 fully saturated rings. The SMILES string of the molecule is COc1ccc2c(O[C@@H]3C[C@H]4C(=O)N[C@]5(C(=O)NS(=O)(=O)C6(C)CC6)C[C@H]5/C=C\CCCCN(C)C(=O)[C@@H]4C3)nc(-c3cccc(F)c3)nc2c1C. The van der Waals surface area contributed by atoms with E-state index in [1.165, 1.54) is 12.1 Å². The predicted molar refractivity (Wildman–Crippen MR) is 191 cm³/mol. The van der Waals surface area contributed by atoms with Crippen LogP contribution in [0.25, 0.3) is 22.3 Å². The third-order valence-corrected chi connectivity index (χ3v) is 13.4. The van der Waals surface area contributed by atoms with E-state index >= 15 is 0 Å². The lowest BCUT2D eigenvalue weighted by Gasteiger charge is -2.27. The number of hydrogen-bond acceptors (Lipinski definition) is 9. The highest BCUT2D eigenvalue weighted by molar-refractivity contribution is 7.91. The number of benzene rings is 2. The van der Waals surface area contributed by atoms with E-state index in [1.54, 1.807) is 50.2 Å². The van der Waals surface area contributed by atoms with E-state index in [-0.39, 0.29) is 42.8 Å². The van der Waals surface area contributed by atoms with Gasteiger partial charge in [-0.15, -0.1) is 0 Å². The Labute approximate surface area is 302 Å². The average molecular weight is 734 g/mol. The van der Waals surface area contributed by atoms with E-state index in [4.69, 9.17) is 19.4 Å². The molecule has 0 saturated heterocycles. The molecular formula is C38H44FN5O7S. The second-order valence-corrected chi connectivity index (χ2v) is 17.1. The van der Waals surface area contributed by atoms with Gasteiger partial charge in [0.1, 0.15) is 23.2 Å². The summed E-state index contributed by atoms with van der Waals surface area (Å²) < 4.78 is 53.8. The van der Waals surface area contributed by atoms with E-state index in [0.717, 1.165) is 24.8 Å². The van der Waals surface area contributed by atoms with Crippen molar-refractivity contribution < 1.29 is 36.7 Å². The second kappa shape index (κ2) is 13.4. The van der Waals surface area contributed by atoms with Crippen LogP contribution in [0.4, 0.5) is 4.39 Å². The fourth-order valence-corrected chi connectivity index (χ4v) is 8.81. The van der Waals surface area contributed by atoms with Crippen LogP contribution in [-0.2, 0) is 24.4 Å². The molecule has 12 nitrogen and oxygen atoms in total. The summed E-state index contributed by atoms with van der Waals surface area (Å²) in [5, 5.41) is 3.51. The molecule has 1 aromatic heterocycles. The van der Waals surface area contributed by atoms with Gasteiger partial charge in [0.2, 0.25) is 27.7 Å². The number of hydrogen-bond donors (Lipinski definition) is 2. The number of nitrogens with one attached hydrogen (secondary N) is 2. The van der Waals surface area contributed by atoms with Crippen molar-refractivity contribution in [1.29, 1.82) is 0 Å². The minimum Gasteiger partial charge on any atom is -0.496 e. The molecule has 3 amide bonds. The third kappa shape index (κ3) is 6.61. The van der Waals surface area contributed by atoms with Gasteiger partial charge in [0, 0.05) is 30.6 Å². The number of sulfonamides is 1. The van der Waals surface area contributed by atoms with Crippen molar-refractivity contribution in [2.75, 3.05) is 20.7 Å². The number of aryl methyl sites for hydroxylation is 1. The van der Waals surface area contributed by atoms with Gasteiger partial charge in [-0.25, -0.2) is 17.8 Å². The number of rotatable bonds is 7. The van der Waals surface area contributed by atoms with Crippen LogP contribution in [-0.4, -0.2) is 78.1 Å². The maximum atomic E-state index is 14.3. The van der Waals surface area contributed by atoms with E-state index in [2.05, 4.69) is 10.0 Å². The summed E-state index contributed by atoms with van der Waals surface area (Å²) in [7, 11) is -0.668. The Bertz CT molecular complexity index is 2090. The van der Waals surface area contributed by atoms with Gasteiger partial charge in [-0.2, -0.15) is 4.98 Å². The van der Waals surface area contributed by atoms with E-state index < -0.39 is 55.9 Å². The van der Waals surface area contributed by atoms with Gasteiger partial charge in [0.05, 0.1) is 34.6 Å². The first-order valence-electron chi connectivity index (χ1n) is 17.8. The number of ether oxygens (including phenoxy) is 2. The number of allylic oxidation sites excluding steroid dienone is 1. The molecule has 5 atom stereocenters. The molecule has 4 aliphatic rings. The molecule has 0 bridgehead atoms. The van der Waals surface area contributed by atoms with Crippen LogP contribution in [0.1, 0.15) is 63.9 Å². The van der Waals surface area contributed by atoms with E-state index in [9.17, 15) is 27.2 Å². The summed E-state index contributed by atoms with van der Waals surface area (Å²) in [4.78, 5) is 53.1. The lowest BCUT2D eigenvalue weighted by molar-refractivity contribution is -0.140. The van der Waals surface area contributed by atoms with Crippen LogP contribution >= 0.6 is 0 Å². The molecule has 0 spiro atoms. The maximum absolute atomic E-state index is 14.3. The van der Waals surface area contributed by atoms with Crippen LogP contribution in [0.2, 0.25) is 0 Å². The zero-order valence-electron chi connectivity index (χ0n) is 29.8. The Morgan fingerprint density at radius 3 is 2.60 bits per heavy atom. The fraction of sp³-hybridized carbons (Fsp3) is 0.500. The molecule has 52 heavy (non-hydrogen) atoms. The molecule has 0 unspecified atom stereocenters. The smallest absolute Gasteiger partial charge is 0.259 e. The predicted octanol–water partition coefficient (Wildman–Crippen LogP) is 4.60. The maximum Gasteiger partial charge on any atom is 0.259 e. The van der Waals surface area contributed by atoms with Gasteiger partial charge in [0.25, 0.3) is 5.91 Å². The van der Waals surface area contributed by atoms with E-state index in [1.807, 2.05) is 19.1 Å². The fourth-order valence-electron chi connectivity index (χ4n) is 7.50. The molecule has 14 heteroatoms. The zero-order valence-corrected chi connectivity index (χ0v) is 30.6. The molecule has 2 heterocycles. The van der Waals surface area contributed by atoms with Crippen molar-refractivity contribution >= 4 is 38.6 Å². The molecule has 276 valence electrons. The minimum atomic E-state index is -3.95. The summed E-state index contributed by atoms with van der Waals surface area (Å²) in [5.74, 6) is -2.89. The van der Waals surface area contributed by atoms with Crippen LogP contribution in [0.15, 0.2) is 48.6 Å². The summed E-state index contributed by atoms with van der Waals surface area (Å²) in [6.45, 7) is 3.97. The largest absolute Gasteiger partial charge is 0.496 e. The Kier molecular flexibility index (Phi) is 9.25. The summed E-state index contributed by atoms with van der Waals surface area (Å²) >= 11 is 0. The average Bonchev–Trinajstić information content (AvgIpc) is 3.99. The van der Waals surface area contributed by atoms with E-state index in [0.29, 0.717) is 41.6 Å². The number of halogens is 1. The molecule has 3 aliphatic carbocycles. The van der Waals surface area contributed by atoms with Crippen molar-refractivity contribution in [1.82, 2.24) is 24.9 Å². The Morgan fingerprint density at radius 1 is 1.10 bits per heavy atom. The summed E-state index contributed by atoms with van der Waals surface area (Å²) in [6.07, 6.45) is 7.00. The monoisotopic (exact) mass is 733 g/mol. The number of nitrogens with zero attached hydrogens (tertiary/aromatic N) is 3. The molecular weight excluding hydrogens is 690 g/mol. The highest BCUT2D eigenvalue weighted by Crippen LogP contribution is 2.48. The van der Waals surface area contributed by atoms with Crippen molar-refractivity contribution in [3.05, 3.63) is 59.9 Å². The lowest BCUT2D eigenvalue weighted by Crippen LogP contribution is -2.55. The quantitative estimate of drug-likeness (QED) is 0.332. The molecule has 7 rings (SSSR count). The van der Waals surface area contributed by atoms with Crippen molar-refractivity contribution in [3.8, 4) is 23.0 Å². The van der Waals surface area contributed by atoms with Crippen LogP contribution in [0.3, 0.4) is 0 Å². The van der Waals surface area contributed by atoms with Gasteiger partial charge >= 0.3 is 0 Å². The summed E-state index contributed by atoms with van der Waals surface area (Å²) in [6, 6.07) is 9.49. The van der Waals surface area contributed by atoms with Gasteiger partial charge in [-0.3, -0.25) is 19.1 Å². The van der Waals surface area contributed by atoms with Crippen LogP contribution in [0, 0.1) is 30.5 Å². The third-order valence-electron chi connectivity index (χ3n) is 11.2. The molecule has 3 aromatic rings. The van der Waals surface area contributed by atoms with Crippen molar-refractivity contribution in [2.24, 2.45) is 17.8 Å². The van der Waals surface area contributed by atoms with Crippen LogP contribution < -0.4 is 19.5 Å². The van der Waals surface area contributed by atoms with Crippen LogP contribution in [0.5, 0.6) is 11.6 Å². The molecule has 0 radical (unpaired) electrons. The topological polar surface area (TPSA) is 157 Å². The normalized spacial score (nSPS) is 27.8. The van der Waals surface area contributed by atoms with Crippen molar-refractivity contribution in [3.63, 3.8) is 0 Å². The van der Waals surface area contributed by atoms with Gasteiger partial charge < -0.3 is 19.7 Å². The molecule has 2 N–H and O–H groups in total. The Hall–Kier alpha value is -4.59. The van der Waals surface area contributed by atoms with Gasteiger partial charge in [-0.1, -0.05) is 24.3 Å². The number of amides is 3. The zero-order chi connectivity index (χ0) is 37.0. The molecule has 3 saturated carbocycles. The minimum absolute atomic E-state index is 0.139. The standard InChI is InChI=1S/C38H44FN5O7S/c1-22-30(50-4)14-13-27-31(22)40-32(23-10-9-12-25(39)18-23)41-34(27)51-26-19-28-29(20-26)35(46)44(3)17-8-6-5-7-11-24-21-38(24,42-33(28)45)36(47)43-52(48,49)37(2)15-16-37/h7,9-14,18,24,26,28-29H,5-6,8,15-17,19-21H2,1-4H3,(H,42,45)(H,43,47)/b11-7-/t24-,26-,28-,29-,38-/m1/s1. The first kappa shape index (κ1) is 35.8. The molecule has 1 aliphatic heterocycles. The number of fused-ring (bicyclic) bond motifs is 3.